The number of benzene rings is 2. The van der Waals surface area contributed by atoms with E-state index in [1.54, 1.807) is 9.36 Å². The zero-order valence-corrected chi connectivity index (χ0v) is 21.6. The van der Waals surface area contributed by atoms with Gasteiger partial charge in [0.1, 0.15) is 5.69 Å². The number of nitrogens with one attached hydrogen (secondary N) is 2. The number of anilines is 1. The van der Waals surface area contributed by atoms with Crippen molar-refractivity contribution in [2.75, 3.05) is 5.32 Å². The van der Waals surface area contributed by atoms with Gasteiger partial charge in [0, 0.05) is 13.1 Å². The van der Waals surface area contributed by atoms with E-state index in [9.17, 15) is 9.59 Å². The molecule has 2 aromatic carbocycles. The third kappa shape index (κ3) is 5.33. The number of nitrogens with zero attached hydrogens (tertiary/aromatic N) is 2. The molecule has 1 aromatic heterocycles. The Bertz CT molecular complexity index is 1180. The van der Waals surface area contributed by atoms with Gasteiger partial charge in [0.15, 0.2) is 0 Å². The summed E-state index contributed by atoms with van der Waals surface area (Å²) < 4.78 is 3.33. The molecule has 1 heterocycles. The van der Waals surface area contributed by atoms with Gasteiger partial charge in [0.2, 0.25) is 5.91 Å². The van der Waals surface area contributed by atoms with E-state index in [0.29, 0.717) is 11.4 Å². The van der Waals surface area contributed by atoms with Crippen molar-refractivity contribution >= 4 is 11.6 Å². The summed E-state index contributed by atoms with van der Waals surface area (Å²) in [5, 5.41) is 6.35. The van der Waals surface area contributed by atoms with E-state index in [2.05, 4.69) is 69.5 Å². The molecule has 0 bridgehead atoms. The molecule has 34 heavy (non-hydrogen) atoms. The number of hydrogen-bond acceptors (Lipinski definition) is 3. The lowest BCUT2D eigenvalue weighted by molar-refractivity contribution is -0.118. The Kier molecular flexibility index (Phi) is 7.51. The molecule has 6 nitrogen and oxygen atoms in total. The molecule has 2 N–H and O–H groups in total. The number of amides is 1. The first-order valence-corrected chi connectivity index (χ1v) is 11.9. The van der Waals surface area contributed by atoms with Gasteiger partial charge in [0.05, 0.1) is 17.4 Å². The first-order valence-electron chi connectivity index (χ1n) is 11.9. The maximum Gasteiger partial charge on any atom is 0.295 e. The Hall–Kier alpha value is -3.12. The van der Waals surface area contributed by atoms with Crippen LogP contribution in [0.15, 0.2) is 59.4 Å². The van der Waals surface area contributed by atoms with Crippen molar-refractivity contribution in [3.05, 3.63) is 81.8 Å². The molecule has 0 saturated heterocycles. The second kappa shape index (κ2) is 10.0. The lowest BCUT2D eigenvalue weighted by Gasteiger charge is -2.27. The molecular weight excluding hydrogens is 424 g/mol. The van der Waals surface area contributed by atoms with Gasteiger partial charge in [-0.3, -0.25) is 19.6 Å². The molecule has 0 aliphatic rings. The molecule has 3 aromatic rings. The molecule has 182 valence electrons. The number of carbonyl (C=O) groups excluding carboxylic acids is 1. The lowest BCUT2D eigenvalue weighted by atomic mass is 9.85. The average molecular weight is 463 g/mol. The summed E-state index contributed by atoms with van der Waals surface area (Å²) in [5.74, 6) is 0.0486. The quantitative estimate of drug-likeness (QED) is 0.514. The molecule has 0 spiro atoms. The number of para-hydroxylation sites is 1. The second-order valence-electron chi connectivity index (χ2n) is 10.4. The SMILES string of the molecule is Cc1c(NC(=O)[C@@H](C)N[C@H](c2ccc(C(C)(C)C)cc2)C(C)C)c(=O)n(-c2ccccc2)n1C. The molecule has 1 amide bonds. The Morgan fingerprint density at radius 3 is 2.06 bits per heavy atom. The van der Waals surface area contributed by atoms with Crippen LogP contribution >= 0.6 is 0 Å². The summed E-state index contributed by atoms with van der Waals surface area (Å²) in [4.78, 5) is 26.3. The molecule has 0 unspecified atom stereocenters. The third-order valence-electron chi connectivity index (χ3n) is 6.43. The maximum atomic E-state index is 13.1. The molecule has 0 radical (unpaired) electrons. The van der Waals surface area contributed by atoms with E-state index in [0.717, 1.165) is 11.3 Å². The zero-order chi connectivity index (χ0) is 25.2. The summed E-state index contributed by atoms with van der Waals surface area (Å²) in [6, 6.07) is 17.5. The Labute approximate surface area is 203 Å². The molecule has 0 saturated carbocycles. The molecule has 0 aliphatic heterocycles. The summed E-state index contributed by atoms with van der Waals surface area (Å²) in [5.41, 5.74) is 4.03. The van der Waals surface area contributed by atoms with Crippen LogP contribution in [0.2, 0.25) is 0 Å². The predicted octanol–water partition coefficient (Wildman–Crippen LogP) is 5.10. The van der Waals surface area contributed by atoms with Crippen LogP contribution in [0.4, 0.5) is 5.69 Å². The van der Waals surface area contributed by atoms with Crippen LogP contribution in [0.25, 0.3) is 5.69 Å². The van der Waals surface area contributed by atoms with E-state index < -0.39 is 6.04 Å². The maximum absolute atomic E-state index is 13.1. The minimum atomic E-state index is -0.487. The van der Waals surface area contributed by atoms with E-state index in [4.69, 9.17) is 0 Å². The van der Waals surface area contributed by atoms with E-state index in [1.165, 1.54) is 5.56 Å². The van der Waals surface area contributed by atoms with Gasteiger partial charge in [-0.1, -0.05) is 77.1 Å². The van der Waals surface area contributed by atoms with Gasteiger partial charge < -0.3 is 5.32 Å². The lowest BCUT2D eigenvalue weighted by Crippen LogP contribution is -2.42. The van der Waals surface area contributed by atoms with Crippen molar-refractivity contribution in [1.82, 2.24) is 14.7 Å². The number of carbonyl (C=O) groups is 1. The molecule has 3 rings (SSSR count). The van der Waals surface area contributed by atoms with Crippen molar-refractivity contribution in [3.8, 4) is 5.69 Å². The van der Waals surface area contributed by atoms with Crippen LogP contribution in [0, 0.1) is 12.8 Å². The predicted molar refractivity (Wildman–Crippen MR) is 140 cm³/mol. The smallest absolute Gasteiger partial charge is 0.295 e. The number of hydrogen-bond donors (Lipinski definition) is 2. The Morgan fingerprint density at radius 1 is 0.941 bits per heavy atom. The molecule has 0 aliphatic carbocycles. The van der Waals surface area contributed by atoms with Gasteiger partial charge in [-0.15, -0.1) is 0 Å². The average Bonchev–Trinajstić information content (AvgIpc) is 3.00. The van der Waals surface area contributed by atoms with Gasteiger partial charge in [0.25, 0.3) is 5.56 Å². The highest BCUT2D eigenvalue weighted by atomic mass is 16.2. The van der Waals surface area contributed by atoms with Crippen LogP contribution in [-0.4, -0.2) is 21.3 Å². The van der Waals surface area contributed by atoms with Crippen molar-refractivity contribution in [3.63, 3.8) is 0 Å². The van der Waals surface area contributed by atoms with Crippen LogP contribution in [0.3, 0.4) is 0 Å². The molecule has 2 atom stereocenters. The fourth-order valence-electron chi connectivity index (χ4n) is 4.15. The first-order chi connectivity index (χ1) is 15.9. The van der Waals surface area contributed by atoms with Gasteiger partial charge in [-0.05, 0) is 48.4 Å². The van der Waals surface area contributed by atoms with Gasteiger partial charge in [-0.25, -0.2) is 4.68 Å². The minimum Gasteiger partial charge on any atom is -0.319 e. The van der Waals surface area contributed by atoms with Gasteiger partial charge >= 0.3 is 0 Å². The highest BCUT2D eigenvalue weighted by Crippen LogP contribution is 2.27. The summed E-state index contributed by atoms with van der Waals surface area (Å²) in [6.07, 6.45) is 0. The topological polar surface area (TPSA) is 68.1 Å². The monoisotopic (exact) mass is 462 g/mol. The van der Waals surface area contributed by atoms with Crippen LogP contribution in [-0.2, 0) is 17.3 Å². The summed E-state index contributed by atoms with van der Waals surface area (Å²) in [7, 11) is 1.82. The number of aromatic nitrogens is 2. The third-order valence-corrected chi connectivity index (χ3v) is 6.43. The molecular formula is C28H38N4O2. The fourth-order valence-corrected chi connectivity index (χ4v) is 4.15. The van der Waals surface area contributed by atoms with Crippen LogP contribution < -0.4 is 16.2 Å². The summed E-state index contributed by atoms with van der Waals surface area (Å²) >= 11 is 0. The molecule has 6 heteroatoms. The van der Waals surface area contributed by atoms with E-state index in [-0.39, 0.29) is 28.8 Å². The highest BCUT2D eigenvalue weighted by molar-refractivity contribution is 5.95. The highest BCUT2D eigenvalue weighted by Gasteiger charge is 2.25. The molecule has 0 fully saturated rings. The Balaban J connectivity index is 1.80. The summed E-state index contributed by atoms with van der Waals surface area (Å²) in [6.45, 7) is 14.5. The first kappa shape index (κ1) is 25.5. The van der Waals surface area contributed by atoms with Crippen molar-refractivity contribution in [2.45, 2.75) is 66.0 Å². The Morgan fingerprint density at radius 2 is 1.53 bits per heavy atom. The van der Waals surface area contributed by atoms with E-state index in [1.807, 2.05) is 51.2 Å². The van der Waals surface area contributed by atoms with Crippen molar-refractivity contribution in [2.24, 2.45) is 13.0 Å². The van der Waals surface area contributed by atoms with Crippen LogP contribution in [0.5, 0.6) is 0 Å². The normalized spacial score (nSPS) is 13.7. The number of rotatable bonds is 7. The van der Waals surface area contributed by atoms with Crippen LogP contribution in [0.1, 0.15) is 64.4 Å². The zero-order valence-electron chi connectivity index (χ0n) is 21.6. The minimum absolute atomic E-state index is 0.00705. The van der Waals surface area contributed by atoms with Gasteiger partial charge in [-0.2, -0.15) is 0 Å². The fraction of sp³-hybridized carbons (Fsp3) is 0.429. The van der Waals surface area contributed by atoms with Crippen molar-refractivity contribution < 1.29 is 4.79 Å². The largest absolute Gasteiger partial charge is 0.319 e. The van der Waals surface area contributed by atoms with Crippen molar-refractivity contribution in [1.29, 1.82) is 0 Å². The second-order valence-corrected chi connectivity index (χ2v) is 10.4. The standard InChI is InChI=1S/C28H38N4O2/c1-18(2)24(21-14-16-22(17-15-21)28(5,6)7)29-19(3)26(33)30-25-20(4)31(8)32(27(25)34)23-12-10-9-11-13-23/h9-19,24,29H,1-8H3,(H,30,33)/t19-,24+/m1/s1. The van der Waals surface area contributed by atoms with E-state index >= 15 is 0 Å².